The fraction of sp³-hybridized carbons (Fsp3) is 0.231. The Morgan fingerprint density at radius 2 is 2.06 bits per heavy atom. The molecule has 0 aliphatic heterocycles. The number of hydrogen-bond donors (Lipinski definition) is 1. The fourth-order valence-corrected chi connectivity index (χ4v) is 1.75. The molecule has 0 bridgehead atoms. The number of aromatic nitrogens is 2. The van der Waals surface area contributed by atoms with Gasteiger partial charge in [-0.1, -0.05) is 12.1 Å². The van der Waals surface area contributed by atoms with Gasteiger partial charge >= 0.3 is 0 Å². The molecule has 0 saturated carbocycles. The second kappa shape index (κ2) is 4.81. The number of nitrogens with zero attached hydrogens (tertiary/aromatic N) is 3. The Morgan fingerprint density at radius 1 is 1.35 bits per heavy atom. The van der Waals surface area contributed by atoms with Crippen molar-refractivity contribution in [1.29, 1.82) is 5.26 Å². The van der Waals surface area contributed by atoms with Crippen LogP contribution in [0.4, 0.5) is 0 Å². The predicted molar refractivity (Wildman–Crippen MR) is 63.1 cm³/mol. The van der Waals surface area contributed by atoms with Crippen LogP contribution in [0, 0.1) is 11.3 Å². The van der Waals surface area contributed by atoms with Gasteiger partial charge in [-0.3, -0.25) is 4.68 Å². The van der Waals surface area contributed by atoms with Crippen molar-refractivity contribution in [2.24, 2.45) is 0 Å². The first-order valence-electron chi connectivity index (χ1n) is 5.46. The van der Waals surface area contributed by atoms with Gasteiger partial charge in [0.1, 0.15) is 6.10 Å². The number of aliphatic hydroxyl groups is 1. The third kappa shape index (κ3) is 2.19. The van der Waals surface area contributed by atoms with Crippen LogP contribution in [0.15, 0.2) is 36.5 Å². The van der Waals surface area contributed by atoms with Crippen molar-refractivity contribution in [2.75, 3.05) is 0 Å². The van der Waals surface area contributed by atoms with Gasteiger partial charge in [-0.05, 0) is 30.7 Å². The number of benzene rings is 1. The highest BCUT2D eigenvalue weighted by atomic mass is 16.3. The van der Waals surface area contributed by atoms with E-state index in [0.29, 0.717) is 5.56 Å². The average Bonchev–Trinajstić information content (AvgIpc) is 2.86. The first-order chi connectivity index (χ1) is 8.26. The van der Waals surface area contributed by atoms with Gasteiger partial charge < -0.3 is 5.11 Å². The number of aryl methyl sites for hydroxylation is 1. The lowest BCUT2D eigenvalue weighted by atomic mass is 10.0. The topological polar surface area (TPSA) is 61.8 Å². The van der Waals surface area contributed by atoms with Crippen LogP contribution in [0.3, 0.4) is 0 Å². The Balaban J connectivity index is 2.31. The smallest absolute Gasteiger partial charge is 0.121 e. The van der Waals surface area contributed by atoms with E-state index in [-0.39, 0.29) is 0 Å². The number of aliphatic hydroxyl groups excluding tert-OH is 1. The van der Waals surface area contributed by atoms with Gasteiger partial charge in [0.15, 0.2) is 0 Å². The van der Waals surface area contributed by atoms with Gasteiger partial charge in [0.2, 0.25) is 0 Å². The lowest BCUT2D eigenvalue weighted by Crippen LogP contribution is -2.08. The summed E-state index contributed by atoms with van der Waals surface area (Å²) in [6, 6.07) is 10.8. The lowest BCUT2D eigenvalue weighted by Gasteiger charge is -2.12. The highest BCUT2D eigenvalue weighted by Crippen LogP contribution is 2.21. The summed E-state index contributed by atoms with van der Waals surface area (Å²) in [6.07, 6.45) is 0.969. The van der Waals surface area contributed by atoms with E-state index in [1.165, 1.54) is 0 Å². The Hall–Kier alpha value is -2.12. The molecule has 4 nitrogen and oxygen atoms in total. The molecule has 1 heterocycles. The molecule has 0 spiro atoms. The quantitative estimate of drug-likeness (QED) is 0.870. The average molecular weight is 227 g/mol. The molecular weight excluding hydrogens is 214 g/mol. The van der Waals surface area contributed by atoms with Gasteiger partial charge in [0, 0.05) is 12.7 Å². The minimum absolute atomic E-state index is 0.588. The van der Waals surface area contributed by atoms with Gasteiger partial charge in [-0.25, -0.2) is 0 Å². The maximum Gasteiger partial charge on any atom is 0.121 e. The molecule has 0 aliphatic carbocycles. The van der Waals surface area contributed by atoms with Crippen molar-refractivity contribution in [1.82, 2.24) is 9.78 Å². The second-order valence-electron chi connectivity index (χ2n) is 3.71. The summed E-state index contributed by atoms with van der Waals surface area (Å²) < 4.78 is 1.75. The zero-order valence-electron chi connectivity index (χ0n) is 9.54. The maximum absolute atomic E-state index is 10.2. The van der Waals surface area contributed by atoms with Crippen LogP contribution in [-0.4, -0.2) is 14.9 Å². The molecule has 4 heteroatoms. The third-order valence-electron chi connectivity index (χ3n) is 2.68. The molecule has 1 aromatic carbocycles. The van der Waals surface area contributed by atoms with Crippen LogP contribution in [0.1, 0.15) is 29.8 Å². The maximum atomic E-state index is 10.2. The van der Waals surface area contributed by atoms with Crippen molar-refractivity contribution in [3.63, 3.8) is 0 Å². The van der Waals surface area contributed by atoms with Crippen LogP contribution in [-0.2, 0) is 6.54 Å². The summed E-state index contributed by atoms with van der Waals surface area (Å²) >= 11 is 0. The minimum Gasteiger partial charge on any atom is -0.382 e. The molecule has 1 aromatic heterocycles. The Kier molecular flexibility index (Phi) is 3.22. The molecular formula is C13H13N3O. The summed E-state index contributed by atoms with van der Waals surface area (Å²) in [5.41, 5.74) is 2.11. The predicted octanol–water partition coefficient (Wildman–Crippen LogP) is 1.86. The Labute approximate surface area is 99.7 Å². The van der Waals surface area contributed by atoms with E-state index in [2.05, 4.69) is 11.2 Å². The lowest BCUT2D eigenvalue weighted by molar-refractivity contribution is 0.208. The molecule has 1 N–H and O–H groups in total. The molecule has 0 amide bonds. The Morgan fingerprint density at radius 3 is 2.65 bits per heavy atom. The molecule has 2 aromatic rings. The standard InChI is InChI=1S/C13H13N3O/c1-2-16-12(7-8-15-16)13(17)11-5-3-10(9-14)4-6-11/h3-8,13,17H,2H2,1H3. The molecule has 1 unspecified atom stereocenters. The molecule has 0 saturated heterocycles. The fourth-order valence-electron chi connectivity index (χ4n) is 1.75. The van der Waals surface area contributed by atoms with E-state index in [9.17, 15) is 5.11 Å². The summed E-state index contributed by atoms with van der Waals surface area (Å²) in [6.45, 7) is 2.69. The first-order valence-corrected chi connectivity index (χ1v) is 5.46. The summed E-state index contributed by atoms with van der Waals surface area (Å²) in [5, 5.41) is 23.0. The van der Waals surface area contributed by atoms with E-state index < -0.39 is 6.10 Å². The van der Waals surface area contributed by atoms with E-state index in [1.54, 1.807) is 41.2 Å². The number of hydrogen-bond acceptors (Lipinski definition) is 3. The second-order valence-corrected chi connectivity index (χ2v) is 3.71. The van der Waals surface area contributed by atoms with Gasteiger partial charge in [-0.15, -0.1) is 0 Å². The van der Waals surface area contributed by atoms with Crippen molar-refractivity contribution in [3.8, 4) is 6.07 Å². The van der Waals surface area contributed by atoms with Crippen LogP contribution in [0.5, 0.6) is 0 Å². The zero-order chi connectivity index (χ0) is 12.3. The van der Waals surface area contributed by atoms with E-state index >= 15 is 0 Å². The molecule has 2 rings (SSSR count). The molecule has 0 radical (unpaired) electrons. The van der Waals surface area contributed by atoms with Crippen molar-refractivity contribution < 1.29 is 5.11 Å². The summed E-state index contributed by atoms with van der Waals surface area (Å²) in [5.74, 6) is 0. The first kappa shape index (κ1) is 11.4. The molecule has 1 atom stereocenters. The molecule has 17 heavy (non-hydrogen) atoms. The van der Waals surface area contributed by atoms with Crippen molar-refractivity contribution in [2.45, 2.75) is 19.6 Å². The highest BCUT2D eigenvalue weighted by Gasteiger charge is 2.14. The van der Waals surface area contributed by atoms with E-state index in [4.69, 9.17) is 5.26 Å². The minimum atomic E-state index is -0.704. The monoisotopic (exact) mass is 227 g/mol. The van der Waals surface area contributed by atoms with E-state index in [1.807, 2.05) is 6.92 Å². The number of rotatable bonds is 3. The van der Waals surface area contributed by atoms with Crippen molar-refractivity contribution >= 4 is 0 Å². The Bertz CT molecular complexity index is 537. The normalized spacial score (nSPS) is 12.1. The molecule has 0 aliphatic rings. The summed E-state index contributed by atoms with van der Waals surface area (Å²) in [4.78, 5) is 0. The van der Waals surface area contributed by atoms with Gasteiger partial charge in [-0.2, -0.15) is 10.4 Å². The largest absolute Gasteiger partial charge is 0.382 e. The van der Waals surface area contributed by atoms with Crippen LogP contribution >= 0.6 is 0 Å². The molecule has 0 fully saturated rings. The third-order valence-corrected chi connectivity index (χ3v) is 2.68. The van der Waals surface area contributed by atoms with Crippen LogP contribution in [0.2, 0.25) is 0 Å². The van der Waals surface area contributed by atoms with E-state index in [0.717, 1.165) is 17.8 Å². The highest BCUT2D eigenvalue weighted by molar-refractivity contribution is 5.34. The molecule has 86 valence electrons. The van der Waals surface area contributed by atoms with Crippen molar-refractivity contribution in [3.05, 3.63) is 53.3 Å². The van der Waals surface area contributed by atoms with Gasteiger partial charge in [0.25, 0.3) is 0 Å². The van der Waals surface area contributed by atoms with Crippen LogP contribution < -0.4 is 0 Å². The SMILES string of the molecule is CCn1nccc1C(O)c1ccc(C#N)cc1. The van der Waals surface area contributed by atoms with Crippen LogP contribution in [0.25, 0.3) is 0 Å². The van der Waals surface area contributed by atoms with Gasteiger partial charge in [0.05, 0.1) is 17.3 Å². The summed E-state index contributed by atoms with van der Waals surface area (Å²) in [7, 11) is 0. The zero-order valence-corrected chi connectivity index (χ0v) is 9.54. The number of nitriles is 1.